The minimum absolute atomic E-state index is 0.187. The molecule has 0 aliphatic carbocycles. The molecule has 0 aromatic carbocycles. The zero-order chi connectivity index (χ0) is 9.90. The van der Waals surface area contributed by atoms with Gasteiger partial charge in [0.1, 0.15) is 0 Å². The minimum atomic E-state index is -0.353. The van der Waals surface area contributed by atoms with Crippen molar-refractivity contribution in [3.8, 4) is 0 Å². The third kappa shape index (κ3) is 2.00. The number of hydrogen-bond donors (Lipinski definition) is 1. The molecule has 4 nitrogen and oxygen atoms in total. The van der Waals surface area contributed by atoms with Crippen LogP contribution in [0.15, 0.2) is 0 Å². The van der Waals surface area contributed by atoms with Gasteiger partial charge in [-0.1, -0.05) is 6.92 Å². The van der Waals surface area contributed by atoms with Crippen molar-refractivity contribution in [3.63, 3.8) is 0 Å². The molecule has 0 radical (unpaired) electrons. The van der Waals surface area contributed by atoms with E-state index in [1.807, 2.05) is 13.8 Å². The molecule has 0 aromatic heterocycles. The van der Waals surface area contributed by atoms with Crippen LogP contribution in [-0.4, -0.2) is 43.3 Å². The maximum absolute atomic E-state index is 11.8. The highest BCUT2D eigenvalue weighted by Crippen LogP contribution is 2.18. The van der Waals surface area contributed by atoms with Crippen LogP contribution < -0.4 is 5.32 Å². The highest BCUT2D eigenvalue weighted by atomic mass is 16.5. The molecule has 1 aliphatic rings. The summed E-state index contributed by atoms with van der Waals surface area (Å²) in [6, 6.07) is 0. The van der Waals surface area contributed by atoms with E-state index < -0.39 is 0 Å². The normalized spacial score (nSPS) is 28.5. The number of nitrogens with zero attached hydrogens (tertiary/aromatic N) is 1. The smallest absolute Gasteiger partial charge is 0.243 e. The van der Waals surface area contributed by atoms with Gasteiger partial charge in [0.05, 0.1) is 18.8 Å². The molecule has 76 valence electrons. The second kappa shape index (κ2) is 4.07. The highest BCUT2D eigenvalue weighted by molar-refractivity contribution is 5.87. The predicted molar refractivity (Wildman–Crippen MR) is 50.3 cm³/mol. The molecule has 13 heavy (non-hydrogen) atoms. The van der Waals surface area contributed by atoms with E-state index in [0.29, 0.717) is 19.8 Å². The quantitative estimate of drug-likeness (QED) is 0.681. The van der Waals surface area contributed by atoms with E-state index in [2.05, 4.69) is 5.32 Å². The van der Waals surface area contributed by atoms with E-state index in [1.54, 1.807) is 12.0 Å². The lowest BCUT2D eigenvalue weighted by molar-refractivity contribution is -0.132. The van der Waals surface area contributed by atoms with Crippen LogP contribution in [0.25, 0.3) is 0 Å². The van der Waals surface area contributed by atoms with Crippen molar-refractivity contribution in [3.05, 3.63) is 0 Å². The van der Waals surface area contributed by atoms with Crippen molar-refractivity contribution in [2.24, 2.45) is 0 Å². The summed E-state index contributed by atoms with van der Waals surface area (Å²) in [6.45, 7) is 5.89. The van der Waals surface area contributed by atoms with E-state index in [0.717, 1.165) is 6.42 Å². The Balaban J connectivity index is 2.50. The van der Waals surface area contributed by atoms with Crippen LogP contribution >= 0.6 is 0 Å². The van der Waals surface area contributed by atoms with E-state index in [1.165, 1.54) is 0 Å². The molecular formula is C9H18N2O2. The average molecular weight is 186 g/mol. The van der Waals surface area contributed by atoms with Crippen LogP contribution in [0.2, 0.25) is 0 Å². The highest BCUT2D eigenvalue weighted by Gasteiger charge is 2.40. The molecule has 1 unspecified atom stereocenters. The van der Waals surface area contributed by atoms with Gasteiger partial charge >= 0.3 is 0 Å². The zero-order valence-corrected chi connectivity index (χ0v) is 8.59. The van der Waals surface area contributed by atoms with Gasteiger partial charge in [-0.05, 0) is 13.3 Å². The molecule has 1 amide bonds. The lowest BCUT2D eigenvalue weighted by Crippen LogP contribution is -2.43. The molecule has 1 N–H and O–H groups in total. The molecule has 0 aromatic rings. The summed E-state index contributed by atoms with van der Waals surface area (Å²) in [4.78, 5) is 13.6. The van der Waals surface area contributed by atoms with Crippen LogP contribution in [0, 0.1) is 0 Å². The van der Waals surface area contributed by atoms with Crippen LogP contribution in [0.3, 0.4) is 0 Å². The monoisotopic (exact) mass is 186 g/mol. The average Bonchev–Trinajstić information content (AvgIpc) is 2.43. The molecule has 1 heterocycles. The molecule has 1 saturated heterocycles. The largest absolute Gasteiger partial charge is 0.383 e. The number of ether oxygens (including phenoxy) is 1. The Hall–Kier alpha value is -0.610. The fourth-order valence-electron chi connectivity index (χ4n) is 1.42. The van der Waals surface area contributed by atoms with Crippen LogP contribution in [0.5, 0.6) is 0 Å². The standard InChI is InChI=1S/C9H18N2O2/c1-4-9(2)8(12)11(7-10-9)5-6-13-3/h10H,4-7H2,1-3H3. The first kappa shape index (κ1) is 10.5. The van der Waals surface area contributed by atoms with Gasteiger partial charge in [-0.2, -0.15) is 0 Å². The number of methoxy groups -OCH3 is 1. The maximum atomic E-state index is 11.8. The Morgan fingerprint density at radius 1 is 1.69 bits per heavy atom. The topological polar surface area (TPSA) is 41.6 Å². The summed E-state index contributed by atoms with van der Waals surface area (Å²) < 4.78 is 4.93. The number of carbonyl (C=O) groups is 1. The lowest BCUT2D eigenvalue weighted by atomic mass is 10.00. The molecule has 4 heteroatoms. The van der Waals surface area contributed by atoms with Gasteiger partial charge in [-0.25, -0.2) is 0 Å². The van der Waals surface area contributed by atoms with Crippen molar-refractivity contribution < 1.29 is 9.53 Å². The van der Waals surface area contributed by atoms with Crippen molar-refractivity contribution in [1.82, 2.24) is 10.2 Å². The number of hydrogen-bond acceptors (Lipinski definition) is 3. The first-order chi connectivity index (χ1) is 6.14. The Labute approximate surface area is 79.2 Å². The second-order valence-corrected chi connectivity index (χ2v) is 3.58. The third-order valence-corrected chi connectivity index (χ3v) is 2.69. The first-order valence-electron chi connectivity index (χ1n) is 4.67. The van der Waals surface area contributed by atoms with Crippen molar-refractivity contribution in [2.75, 3.05) is 26.9 Å². The van der Waals surface area contributed by atoms with E-state index in [9.17, 15) is 4.79 Å². The number of amides is 1. The van der Waals surface area contributed by atoms with Crippen LogP contribution in [-0.2, 0) is 9.53 Å². The number of nitrogens with one attached hydrogen (secondary N) is 1. The SMILES string of the molecule is CCC1(C)NCN(CCOC)C1=O. The minimum Gasteiger partial charge on any atom is -0.383 e. The van der Waals surface area contributed by atoms with Gasteiger partial charge < -0.3 is 9.64 Å². The predicted octanol–water partition coefficient (Wildman–Crippen LogP) is 0.191. The molecule has 0 bridgehead atoms. The lowest BCUT2D eigenvalue weighted by Gasteiger charge is -2.20. The molecule has 1 rings (SSSR count). The number of carbonyl (C=O) groups excluding carboxylic acids is 1. The Morgan fingerprint density at radius 2 is 2.38 bits per heavy atom. The van der Waals surface area contributed by atoms with Crippen LogP contribution in [0.4, 0.5) is 0 Å². The van der Waals surface area contributed by atoms with E-state index in [4.69, 9.17) is 4.74 Å². The Bertz CT molecular complexity index is 194. The second-order valence-electron chi connectivity index (χ2n) is 3.58. The summed E-state index contributed by atoms with van der Waals surface area (Å²) >= 11 is 0. The first-order valence-corrected chi connectivity index (χ1v) is 4.67. The third-order valence-electron chi connectivity index (χ3n) is 2.69. The summed E-state index contributed by atoms with van der Waals surface area (Å²) in [7, 11) is 1.65. The summed E-state index contributed by atoms with van der Waals surface area (Å²) in [6.07, 6.45) is 0.829. The van der Waals surface area contributed by atoms with Gasteiger partial charge in [0.15, 0.2) is 0 Å². The van der Waals surface area contributed by atoms with E-state index >= 15 is 0 Å². The summed E-state index contributed by atoms with van der Waals surface area (Å²) in [5.41, 5.74) is -0.353. The number of rotatable bonds is 4. The summed E-state index contributed by atoms with van der Waals surface area (Å²) in [5, 5.41) is 3.21. The van der Waals surface area contributed by atoms with Gasteiger partial charge in [0.2, 0.25) is 5.91 Å². The molecule has 1 aliphatic heterocycles. The Kier molecular flexibility index (Phi) is 3.27. The van der Waals surface area contributed by atoms with Crippen molar-refractivity contribution in [1.29, 1.82) is 0 Å². The molecule has 0 spiro atoms. The molecular weight excluding hydrogens is 168 g/mol. The van der Waals surface area contributed by atoms with Crippen molar-refractivity contribution in [2.45, 2.75) is 25.8 Å². The fourth-order valence-corrected chi connectivity index (χ4v) is 1.42. The van der Waals surface area contributed by atoms with E-state index in [-0.39, 0.29) is 11.4 Å². The van der Waals surface area contributed by atoms with Gasteiger partial charge in [0.25, 0.3) is 0 Å². The fraction of sp³-hybridized carbons (Fsp3) is 0.889. The maximum Gasteiger partial charge on any atom is 0.243 e. The van der Waals surface area contributed by atoms with Gasteiger partial charge in [0, 0.05) is 13.7 Å². The zero-order valence-electron chi connectivity index (χ0n) is 8.59. The Morgan fingerprint density at radius 3 is 2.85 bits per heavy atom. The van der Waals surface area contributed by atoms with Crippen LogP contribution in [0.1, 0.15) is 20.3 Å². The molecule has 1 atom stereocenters. The summed E-state index contributed by atoms with van der Waals surface area (Å²) in [5.74, 6) is 0.187. The molecule has 0 saturated carbocycles. The molecule has 1 fully saturated rings. The van der Waals surface area contributed by atoms with Gasteiger partial charge in [-0.15, -0.1) is 0 Å². The van der Waals surface area contributed by atoms with Crippen molar-refractivity contribution >= 4 is 5.91 Å². The van der Waals surface area contributed by atoms with Gasteiger partial charge in [-0.3, -0.25) is 10.1 Å².